The number of aromatic nitrogens is 2. The number of ether oxygens (including phenoxy) is 1. The minimum atomic E-state index is -0.304. The van der Waals surface area contributed by atoms with Crippen LogP contribution in [0, 0.1) is 0 Å². The molecule has 0 radical (unpaired) electrons. The Balaban J connectivity index is 1.85. The van der Waals surface area contributed by atoms with Crippen molar-refractivity contribution in [2.24, 2.45) is 0 Å². The Labute approximate surface area is 133 Å². The van der Waals surface area contributed by atoms with Crippen LogP contribution in [-0.2, 0) is 16.0 Å². The fourth-order valence-electron chi connectivity index (χ4n) is 1.75. The van der Waals surface area contributed by atoms with Gasteiger partial charge in [-0.25, -0.2) is 0 Å². The molecule has 2 aromatic rings. The molecule has 1 amide bonds. The third kappa shape index (κ3) is 5.16. The molecule has 2 rings (SSSR count). The summed E-state index contributed by atoms with van der Waals surface area (Å²) in [5.41, 5.74) is 1.10. The van der Waals surface area contributed by atoms with Crippen molar-refractivity contribution >= 4 is 17.7 Å². The lowest BCUT2D eigenvalue weighted by Gasteiger charge is -2.08. The third-order valence-electron chi connectivity index (χ3n) is 2.90. The molecule has 0 saturated heterocycles. The predicted octanol–water partition coefficient (Wildman–Crippen LogP) is 1.90. The topological polar surface area (TPSA) is 77.2 Å². The van der Waals surface area contributed by atoms with E-state index in [4.69, 9.17) is 9.15 Å². The van der Waals surface area contributed by atoms with Gasteiger partial charge in [-0.15, -0.1) is 10.2 Å². The fourth-order valence-corrected chi connectivity index (χ4v) is 2.48. The van der Waals surface area contributed by atoms with Crippen molar-refractivity contribution < 1.29 is 13.9 Å². The lowest BCUT2D eigenvalue weighted by Crippen LogP contribution is -2.33. The second kappa shape index (κ2) is 8.55. The first-order chi connectivity index (χ1) is 10.7. The number of thioether (sulfide) groups is 1. The molecule has 0 aliphatic heterocycles. The number of rotatable bonds is 8. The molecule has 1 heterocycles. The largest absolute Gasteiger partial charge is 0.416 e. The number of methoxy groups -OCH3 is 1. The van der Waals surface area contributed by atoms with E-state index in [9.17, 15) is 4.79 Å². The molecule has 1 atom stereocenters. The van der Waals surface area contributed by atoms with E-state index in [1.54, 1.807) is 14.0 Å². The number of nitrogens with one attached hydrogen (secondary N) is 1. The van der Waals surface area contributed by atoms with Crippen LogP contribution in [0.3, 0.4) is 0 Å². The van der Waals surface area contributed by atoms with Gasteiger partial charge in [-0.2, -0.15) is 0 Å². The first-order valence-corrected chi connectivity index (χ1v) is 7.86. The third-order valence-corrected chi connectivity index (χ3v) is 3.83. The highest BCUT2D eigenvalue weighted by atomic mass is 32.2. The van der Waals surface area contributed by atoms with E-state index < -0.39 is 0 Å². The second-order valence-corrected chi connectivity index (χ2v) is 5.96. The van der Waals surface area contributed by atoms with Crippen molar-refractivity contribution in [2.45, 2.75) is 23.8 Å². The van der Waals surface area contributed by atoms with Gasteiger partial charge in [-0.1, -0.05) is 42.1 Å². The van der Waals surface area contributed by atoms with E-state index in [0.717, 1.165) is 5.56 Å². The molecule has 7 heteroatoms. The van der Waals surface area contributed by atoms with Crippen LogP contribution < -0.4 is 5.32 Å². The van der Waals surface area contributed by atoms with Gasteiger partial charge in [-0.3, -0.25) is 4.79 Å². The minimum absolute atomic E-state index is 0.0788. The molecular weight excluding hydrogens is 302 g/mol. The second-order valence-electron chi connectivity index (χ2n) is 4.67. The summed E-state index contributed by atoms with van der Waals surface area (Å²) in [4.78, 5) is 11.8. The van der Waals surface area contributed by atoms with Gasteiger partial charge < -0.3 is 14.5 Å². The molecule has 0 saturated carbocycles. The zero-order chi connectivity index (χ0) is 15.8. The first kappa shape index (κ1) is 16.5. The molecule has 6 nitrogen and oxygen atoms in total. The molecule has 118 valence electrons. The lowest BCUT2D eigenvalue weighted by atomic mass is 10.2. The number of nitrogens with zero attached hydrogens (tertiary/aromatic N) is 2. The maximum atomic E-state index is 11.8. The van der Waals surface area contributed by atoms with Crippen molar-refractivity contribution in [2.75, 3.05) is 20.3 Å². The SMILES string of the molecule is COCCNC(=O)[C@H](C)Sc1nnc(Cc2ccccc2)o1. The van der Waals surface area contributed by atoms with Crippen molar-refractivity contribution in [1.29, 1.82) is 0 Å². The van der Waals surface area contributed by atoms with Gasteiger partial charge in [-0.05, 0) is 12.5 Å². The quantitative estimate of drug-likeness (QED) is 0.591. The summed E-state index contributed by atoms with van der Waals surface area (Å²) in [6.07, 6.45) is 0.586. The average molecular weight is 321 g/mol. The van der Waals surface area contributed by atoms with Crippen LogP contribution in [0.15, 0.2) is 40.0 Å². The summed E-state index contributed by atoms with van der Waals surface area (Å²) >= 11 is 1.25. The van der Waals surface area contributed by atoms with Crippen LogP contribution >= 0.6 is 11.8 Å². The Morgan fingerprint density at radius 3 is 2.86 bits per heavy atom. The molecule has 1 aromatic heterocycles. The Kier molecular flexibility index (Phi) is 6.42. The Morgan fingerprint density at radius 1 is 1.36 bits per heavy atom. The molecule has 0 aliphatic carbocycles. The smallest absolute Gasteiger partial charge is 0.277 e. The van der Waals surface area contributed by atoms with Crippen LogP contribution in [0.5, 0.6) is 0 Å². The molecule has 0 fully saturated rings. The van der Waals surface area contributed by atoms with Gasteiger partial charge in [0.2, 0.25) is 11.8 Å². The van der Waals surface area contributed by atoms with Crippen molar-refractivity contribution in [3.8, 4) is 0 Å². The number of hydrogen-bond acceptors (Lipinski definition) is 6. The van der Waals surface area contributed by atoms with E-state index in [1.807, 2.05) is 30.3 Å². The summed E-state index contributed by atoms with van der Waals surface area (Å²) in [6.45, 7) is 2.78. The van der Waals surface area contributed by atoms with E-state index in [1.165, 1.54) is 11.8 Å². The molecular formula is C15H19N3O3S. The van der Waals surface area contributed by atoms with Crippen molar-refractivity contribution in [3.63, 3.8) is 0 Å². The van der Waals surface area contributed by atoms with Crippen molar-refractivity contribution in [1.82, 2.24) is 15.5 Å². The molecule has 1 N–H and O–H groups in total. The van der Waals surface area contributed by atoms with Crippen LogP contribution in [0.1, 0.15) is 18.4 Å². The number of carbonyl (C=O) groups excluding carboxylic acids is 1. The predicted molar refractivity (Wildman–Crippen MR) is 83.8 cm³/mol. The molecule has 0 bridgehead atoms. The summed E-state index contributed by atoms with van der Waals surface area (Å²) in [5.74, 6) is 0.463. The van der Waals surface area contributed by atoms with E-state index in [2.05, 4.69) is 15.5 Å². The number of amides is 1. The number of hydrogen-bond donors (Lipinski definition) is 1. The summed E-state index contributed by atoms with van der Waals surface area (Å²) in [7, 11) is 1.59. The zero-order valence-corrected chi connectivity index (χ0v) is 13.4. The van der Waals surface area contributed by atoms with E-state index in [-0.39, 0.29) is 11.2 Å². The summed E-state index contributed by atoms with van der Waals surface area (Å²) in [5, 5.41) is 10.9. The minimum Gasteiger partial charge on any atom is -0.416 e. The number of carbonyl (C=O) groups is 1. The van der Waals surface area contributed by atoms with Gasteiger partial charge in [0.25, 0.3) is 5.22 Å². The maximum absolute atomic E-state index is 11.8. The monoisotopic (exact) mass is 321 g/mol. The molecule has 0 aliphatic rings. The van der Waals surface area contributed by atoms with Gasteiger partial charge in [0.15, 0.2) is 0 Å². The first-order valence-electron chi connectivity index (χ1n) is 6.98. The van der Waals surface area contributed by atoms with Crippen LogP contribution in [-0.4, -0.2) is 41.6 Å². The zero-order valence-electron chi connectivity index (χ0n) is 12.6. The van der Waals surface area contributed by atoms with E-state index in [0.29, 0.717) is 30.7 Å². The van der Waals surface area contributed by atoms with Crippen LogP contribution in [0.25, 0.3) is 0 Å². The summed E-state index contributed by atoms with van der Waals surface area (Å²) in [6, 6.07) is 9.90. The van der Waals surface area contributed by atoms with Gasteiger partial charge in [0, 0.05) is 13.7 Å². The van der Waals surface area contributed by atoms with Gasteiger partial charge in [0.05, 0.1) is 18.3 Å². The summed E-state index contributed by atoms with van der Waals surface area (Å²) < 4.78 is 10.5. The molecule has 0 unspecified atom stereocenters. The fraction of sp³-hybridized carbons (Fsp3) is 0.400. The number of benzene rings is 1. The Hall–Kier alpha value is -1.86. The molecule has 0 spiro atoms. The van der Waals surface area contributed by atoms with Crippen LogP contribution in [0.2, 0.25) is 0 Å². The normalized spacial score (nSPS) is 12.1. The maximum Gasteiger partial charge on any atom is 0.277 e. The average Bonchev–Trinajstić information content (AvgIpc) is 2.95. The highest BCUT2D eigenvalue weighted by molar-refractivity contribution is 8.00. The van der Waals surface area contributed by atoms with Gasteiger partial charge >= 0.3 is 0 Å². The molecule has 1 aromatic carbocycles. The molecule has 22 heavy (non-hydrogen) atoms. The van der Waals surface area contributed by atoms with Crippen molar-refractivity contribution in [3.05, 3.63) is 41.8 Å². The highest BCUT2D eigenvalue weighted by Crippen LogP contribution is 2.22. The lowest BCUT2D eigenvalue weighted by molar-refractivity contribution is -0.120. The Bertz CT molecular complexity index is 589. The van der Waals surface area contributed by atoms with Gasteiger partial charge in [0.1, 0.15) is 0 Å². The van der Waals surface area contributed by atoms with E-state index >= 15 is 0 Å². The standard InChI is InChI=1S/C15H19N3O3S/c1-11(14(19)16-8-9-20-2)22-15-18-17-13(21-15)10-12-6-4-3-5-7-12/h3-7,11H,8-10H2,1-2H3,(H,16,19)/t11-/m0/s1. The highest BCUT2D eigenvalue weighted by Gasteiger charge is 2.17. The van der Waals surface area contributed by atoms with Crippen LogP contribution in [0.4, 0.5) is 0 Å². The Morgan fingerprint density at radius 2 is 2.14 bits per heavy atom.